The van der Waals surface area contributed by atoms with Gasteiger partial charge in [-0.25, -0.2) is 0 Å². The molecular weight excluding hydrogens is 432 g/mol. The van der Waals surface area contributed by atoms with E-state index in [0.717, 1.165) is 32.0 Å². The van der Waals surface area contributed by atoms with Gasteiger partial charge in [0.05, 0.1) is 12.5 Å². The van der Waals surface area contributed by atoms with E-state index < -0.39 is 6.04 Å². The number of fused-ring (bicyclic) bond motifs is 3. The lowest BCUT2D eigenvalue weighted by molar-refractivity contribution is -0.120. The maximum absolute atomic E-state index is 12.7. The topological polar surface area (TPSA) is 71.3 Å². The number of hydrogen-bond acceptors (Lipinski definition) is 3. The number of amides is 2. The zero-order valence-corrected chi connectivity index (χ0v) is 17.3. The maximum atomic E-state index is 12.7. The van der Waals surface area contributed by atoms with Gasteiger partial charge in [0, 0.05) is 33.9 Å². The molecule has 3 aromatic carbocycles. The highest BCUT2D eigenvalue weighted by atomic mass is 79.9. The minimum absolute atomic E-state index is 0.124. The first-order valence-electron chi connectivity index (χ1n) is 9.23. The Bertz CT molecular complexity index is 1200. The average molecular weight is 451 g/mol. The minimum atomic E-state index is -0.407. The maximum Gasteiger partial charge on any atom is 0.226 e. The lowest BCUT2D eigenvalue weighted by Gasteiger charge is -2.18. The highest BCUT2D eigenvalue weighted by Crippen LogP contribution is 2.30. The molecule has 146 valence electrons. The fraction of sp³-hybridized carbons (Fsp3) is 0.130. The molecule has 1 aromatic heterocycles. The number of carbonyl (C=O) groups is 2. The zero-order valence-electron chi connectivity index (χ0n) is 15.7. The second kappa shape index (κ2) is 8.09. The molecule has 1 heterocycles. The molecule has 0 aliphatic rings. The first kappa shape index (κ1) is 19.2. The molecule has 1 unspecified atom stereocenters. The molecule has 0 fully saturated rings. The largest absolute Gasteiger partial charge is 0.456 e. The van der Waals surface area contributed by atoms with E-state index in [4.69, 9.17) is 4.42 Å². The minimum Gasteiger partial charge on any atom is -0.456 e. The molecule has 0 aliphatic carbocycles. The van der Waals surface area contributed by atoms with E-state index in [0.29, 0.717) is 5.69 Å². The Balaban J connectivity index is 1.53. The monoisotopic (exact) mass is 450 g/mol. The van der Waals surface area contributed by atoms with Gasteiger partial charge >= 0.3 is 0 Å². The van der Waals surface area contributed by atoms with Gasteiger partial charge in [-0.3, -0.25) is 9.59 Å². The number of hydrogen-bond donors (Lipinski definition) is 2. The van der Waals surface area contributed by atoms with Crippen LogP contribution in [0.5, 0.6) is 0 Å². The quantitative estimate of drug-likeness (QED) is 0.418. The van der Waals surface area contributed by atoms with Crippen LogP contribution in [0.2, 0.25) is 0 Å². The first-order valence-corrected chi connectivity index (χ1v) is 10.0. The molecule has 6 heteroatoms. The predicted molar refractivity (Wildman–Crippen MR) is 118 cm³/mol. The lowest BCUT2D eigenvalue weighted by Crippen LogP contribution is -2.29. The molecule has 4 aromatic rings. The van der Waals surface area contributed by atoms with Crippen molar-refractivity contribution in [3.8, 4) is 0 Å². The van der Waals surface area contributed by atoms with Crippen LogP contribution < -0.4 is 10.6 Å². The van der Waals surface area contributed by atoms with Crippen molar-refractivity contribution in [2.75, 3.05) is 5.32 Å². The normalized spacial score (nSPS) is 12.1. The van der Waals surface area contributed by atoms with Crippen LogP contribution in [0.15, 0.2) is 75.6 Å². The number of benzene rings is 3. The van der Waals surface area contributed by atoms with Gasteiger partial charge in [0.25, 0.3) is 0 Å². The molecule has 0 bridgehead atoms. The van der Waals surface area contributed by atoms with E-state index in [1.54, 1.807) is 0 Å². The molecule has 29 heavy (non-hydrogen) atoms. The molecule has 0 saturated heterocycles. The van der Waals surface area contributed by atoms with Crippen molar-refractivity contribution < 1.29 is 14.0 Å². The Morgan fingerprint density at radius 2 is 1.69 bits per heavy atom. The van der Waals surface area contributed by atoms with Crippen LogP contribution in [-0.2, 0) is 9.59 Å². The summed E-state index contributed by atoms with van der Waals surface area (Å²) in [6, 6.07) is 20.6. The summed E-state index contributed by atoms with van der Waals surface area (Å²) >= 11 is 3.40. The molecular formula is C23H19BrN2O3. The van der Waals surface area contributed by atoms with E-state index in [2.05, 4.69) is 26.6 Å². The van der Waals surface area contributed by atoms with E-state index in [1.165, 1.54) is 6.92 Å². The second-order valence-corrected chi connectivity index (χ2v) is 7.78. The van der Waals surface area contributed by atoms with Crippen LogP contribution >= 0.6 is 15.9 Å². The molecule has 5 nitrogen and oxygen atoms in total. The van der Waals surface area contributed by atoms with Gasteiger partial charge in [-0.15, -0.1) is 0 Å². The third-order valence-corrected chi connectivity index (χ3v) is 5.23. The fourth-order valence-corrected chi connectivity index (χ4v) is 3.66. The lowest BCUT2D eigenvalue weighted by atomic mass is 10.0. The third-order valence-electron chi connectivity index (χ3n) is 4.70. The first-order chi connectivity index (χ1) is 14.0. The molecule has 0 spiro atoms. The van der Waals surface area contributed by atoms with Crippen LogP contribution in [0.3, 0.4) is 0 Å². The van der Waals surface area contributed by atoms with Crippen LogP contribution in [0, 0.1) is 0 Å². The number of anilines is 1. The Hall–Kier alpha value is -3.12. The average Bonchev–Trinajstić information content (AvgIpc) is 3.05. The number of carbonyl (C=O) groups excluding carboxylic acids is 2. The Kier molecular flexibility index (Phi) is 5.36. The van der Waals surface area contributed by atoms with E-state index in [-0.39, 0.29) is 18.2 Å². The van der Waals surface area contributed by atoms with Gasteiger partial charge in [0.2, 0.25) is 11.8 Å². The SMILES string of the molecule is CC(=O)NC(CC(=O)Nc1ccc2c(c1)oc1ccccc12)c1ccc(Br)cc1. The highest BCUT2D eigenvalue weighted by Gasteiger charge is 2.18. The number of halogens is 1. The van der Waals surface area contributed by atoms with E-state index >= 15 is 0 Å². The molecule has 4 rings (SSSR count). The third kappa shape index (κ3) is 4.32. The molecule has 2 N–H and O–H groups in total. The van der Waals surface area contributed by atoms with Gasteiger partial charge in [0.15, 0.2) is 0 Å². The number of rotatable bonds is 5. The van der Waals surface area contributed by atoms with Crippen molar-refractivity contribution in [2.24, 2.45) is 0 Å². The summed E-state index contributed by atoms with van der Waals surface area (Å²) in [6.07, 6.45) is 0.124. The van der Waals surface area contributed by atoms with Crippen molar-refractivity contribution >= 4 is 55.4 Å². The van der Waals surface area contributed by atoms with Crippen LogP contribution in [0.1, 0.15) is 24.9 Å². The molecule has 2 amide bonds. The van der Waals surface area contributed by atoms with Crippen molar-refractivity contribution in [1.82, 2.24) is 5.32 Å². The van der Waals surface area contributed by atoms with Gasteiger partial charge in [-0.1, -0.05) is 46.3 Å². The number of para-hydroxylation sites is 1. The van der Waals surface area contributed by atoms with Crippen molar-refractivity contribution in [3.05, 3.63) is 76.8 Å². The van der Waals surface area contributed by atoms with Gasteiger partial charge < -0.3 is 15.1 Å². The molecule has 0 aliphatic heterocycles. The van der Waals surface area contributed by atoms with Crippen molar-refractivity contribution in [1.29, 1.82) is 0 Å². The van der Waals surface area contributed by atoms with Crippen molar-refractivity contribution in [2.45, 2.75) is 19.4 Å². The molecule has 0 saturated carbocycles. The Labute approximate surface area is 176 Å². The predicted octanol–water partition coefficient (Wildman–Crippen LogP) is 5.55. The zero-order chi connectivity index (χ0) is 20.4. The number of nitrogens with one attached hydrogen (secondary N) is 2. The van der Waals surface area contributed by atoms with Crippen LogP contribution in [0.25, 0.3) is 21.9 Å². The summed E-state index contributed by atoms with van der Waals surface area (Å²) in [7, 11) is 0. The Morgan fingerprint density at radius 1 is 0.966 bits per heavy atom. The fourth-order valence-electron chi connectivity index (χ4n) is 3.39. The van der Waals surface area contributed by atoms with Crippen LogP contribution in [-0.4, -0.2) is 11.8 Å². The van der Waals surface area contributed by atoms with Crippen LogP contribution in [0.4, 0.5) is 5.69 Å². The summed E-state index contributed by atoms with van der Waals surface area (Å²) in [4.78, 5) is 24.3. The smallest absolute Gasteiger partial charge is 0.226 e. The van der Waals surface area contributed by atoms with Gasteiger partial charge in [0.1, 0.15) is 11.2 Å². The Morgan fingerprint density at radius 3 is 2.45 bits per heavy atom. The number of furan rings is 1. The molecule has 0 radical (unpaired) electrons. The highest BCUT2D eigenvalue weighted by molar-refractivity contribution is 9.10. The van der Waals surface area contributed by atoms with Crippen molar-refractivity contribution in [3.63, 3.8) is 0 Å². The van der Waals surface area contributed by atoms with Gasteiger partial charge in [-0.05, 0) is 35.9 Å². The summed E-state index contributed by atoms with van der Waals surface area (Å²) in [5, 5.41) is 7.80. The van der Waals surface area contributed by atoms with E-state index in [1.807, 2.05) is 66.7 Å². The summed E-state index contributed by atoms with van der Waals surface area (Å²) in [5.41, 5.74) is 3.05. The summed E-state index contributed by atoms with van der Waals surface area (Å²) in [5.74, 6) is -0.378. The van der Waals surface area contributed by atoms with Gasteiger partial charge in [-0.2, -0.15) is 0 Å². The summed E-state index contributed by atoms with van der Waals surface area (Å²) in [6.45, 7) is 1.44. The second-order valence-electron chi connectivity index (χ2n) is 6.87. The molecule has 1 atom stereocenters. The summed E-state index contributed by atoms with van der Waals surface area (Å²) < 4.78 is 6.81. The standard InChI is InChI=1S/C23H19BrN2O3/c1-14(27)25-20(15-6-8-16(24)9-7-15)13-23(28)26-17-10-11-19-18-4-2-3-5-21(18)29-22(19)12-17/h2-12,20H,13H2,1H3,(H,25,27)(H,26,28). The van der Waals surface area contributed by atoms with E-state index in [9.17, 15) is 9.59 Å².